The first-order valence-corrected chi connectivity index (χ1v) is 10.4. The summed E-state index contributed by atoms with van der Waals surface area (Å²) in [5, 5.41) is 11.8. The van der Waals surface area contributed by atoms with Crippen molar-refractivity contribution in [3.8, 4) is 0 Å². The van der Waals surface area contributed by atoms with Crippen LogP contribution >= 0.6 is 11.6 Å². The molecule has 0 aliphatic carbocycles. The lowest BCUT2D eigenvalue weighted by molar-refractivity contribution is 0.292. The molecule has 0 fully saturated rings. The van der Waals surface area contributed by atoms with E-state index in [1.165, 1.54) is 96.3 Å². The molecule has 0 bridgehead atoms. The zero-order chi connectivity index (χ0) is 16.7. The van der Waals surface area contributed by atoms with Crippen LogP contribution in [0.5, 0.6) is 0 Å². The Morgan fingerprint density at radius 1 is 0.591 bits per heavy atom. The average Bonchev–Trinajstić information content (AvgIpc) is 2.56. The molecule has 0 aromatic carbocycles. The molecule has 0 aliphatic rings. The van der Waals surface area contributed by atoms with Crippen LogP contribution in [0.15, 0.2) is 0 Å². The molecule has 0 saturated carbocycles. The summed E-state index contributed by atoms with van der Waals surface area (Å²) in [6, 6.07) is 0. The molecule has 22 heavy (non-hydrogen) atoms. The number of nitrogens with one attached hydrogen (secondary N) is 1. The Kier molecular flexibility index (Phi) is 29.0. The maximum Gasteiger partial charge on any atom is 0.0555 e. The minimum atomic E-state index is 0.263. The van der Waals surface area contributed by atoms with Gasteiger partial charge in [0.15, 0.2) is 0 Å². The number of aliphatic hydroxyl groups is 1. The molecule has 2 nitrogen and oxygen atoms in total. The summed E-state index contributed by atoms with van der Waals surface area (Å²) in [4.78, 5) is 0. The molecular weight excluding hydrogens is 294 g/mol. The molecule has 2 N–H and O–H groups in total. The van der Waals surface area contributed by atoms with Crippen LogP contribution in [0.2, 0.25) is 0 Å². The first-order valence-electron chi connectivity index (χ1n) is 9.61. The highest BCUT2D eigenvalue weighted by Crippen LogP contribution is 2.12. The van der Waals surface area contributed by atoms with Gasteiger partial charge in [0.2, 0.25) is 0 Å². The van der Waals surface area contributed by atoms with Gasteiger partial charge in [-0.15, -0.1) is 11.6 Å². The van der Waals surface area contributed by atoms with Crippen LogP contribution in [0, 0.1) is 0 Å². The Bertz CT molecular complexity index is 150. The maximum atomic E-state index is 8.62. The first-order chi connectivity index (χ1) is 10.9. The fourth-order valence-corrected chi connectivity index (χ4v) is 2.65. The molecule has 3 heteroatoms. The van der Waals surface area contributed by atoms with E-state index in [2.05, 4.69) is 23.8 Å². The lowest BCUT2D eigenvalue weighted by atomic mass is 10.0. The number of hydrogen-bond acceptors (Lipinski definition) is 2. The third kappa shape index (κ3) is 25.2. The van der Waals surface area contributed by atoms with Crippen molar-refractivity contribution in [2.75, 3.05) is 26.1 Å². The van der Waals surface area contributed by atoms with Gasteiger partial charge in [-0.25, -0.2) is 0 Å². The van der Waals surface area contributed by atoms with Gasteiger partial charge in [-0.05, 0) is 13.0 Å². The van der Waals surface area contributed by atoms with Gasteiger partial charge in [-0.1, -0.05) is 90.4 Å². The van der Waals surface area contributed by atoms with E-state index >= 15 is 0 Å². The predicted octanol–water partition coefficient (Wildman–Crippen LogP) is 5.90. The van der Waals surface area contributed by atoms with Gasteiger partial charge in [0.1, 0.15) is 0 Å². The number of hydrogen-bond donors (Lipinski definition) is 2. The first kappa shape index (κ1) is 24.5. The van der Waals surface area contributed by atoms with Gasteiger partial charge in [0.05, 0.1) is 6.61 Å². The molecule has 0 heterocycles. The molecule has 0 aliphatic heterocycles. The minimum absolute atomic E-state index is 0.263. The van der Waals surface area contributed by atoms with Crippen molar-refractivity contribution in [3.63, 3.8) is 0 Å². The molecule has 0 rings (SSSR count). The third-order valence-electron chi connectivity index (χ3n) is 4.00. The zero-order valence-electron chi connectivity index (χ0n) is 15.3. The van der Waals surface area contributed by atoms with Crippen LogP contribution in [0.4, 0.5) is 0 Å². The zero-order valence-corrected chi connectivity index (χ0v) is 16.1. The smallest absolute Gasteiger partial charge is 0.0555 e. The summed E-state index contributed by atoms with van der Waals surface area (Å²) in [5.74, 6) is 0. The highest BCUT2D eigenvalue weighted by molar-refractivity contribution is 6.15. The van der Waals surface area contributed by atoms with Crippen molar-refractivity contribution in [1.29, 1.82) is 0 Å². The molecule has 0 saturated heterocycles. The van der Waals surface area contributed by atoms with E-state index in [4.69, 9.17) is 5.11 Å². The third-order valence-corrected chi connectivity index (χ3v) is 4.00. The number of rotatable bonds is 17. The Hall–Kier alpha value is 0.210. The van der Waals surface area contributed by atoms with E-state index in [0.717, 1.165) is 13.1 Å². The standard InChI is InChI=1S/C18H39NO.CH3Cl/c1-2-3-4-5-6-7-8-9-10-11-12-13-14-15-16-19-17-18-20;1-2/h19-20H,2-18H2,1H3;1H3. The van der Waals surface area contributed by atoms with Crippen molar-refractivity contribution in [2.24, 2.45) is 0 Å². The van der Waals surface area contributed by atoms with Crippen molar-refractivity contribution >= 4 is 11.6 Å². The van der Waals surface area contributed by atoms with Gasteiger partial charge in [0, 0.05) is 12.9 Å². The van der Waals surface area contributed by atoms with Gasteiger partial charge in [-0.3, -0.25) is 0 Å². The number of unbranched alkanes of at least 4 members (excludes halogenated alkanes) is 13. The second-order valence-corrected chi connectivity index (χ2v) is 6.07. The van der Waals surface area contributed by atoms with Crippen LogP contribution in [0.25, 0.3) is 0 Å². The molecule has 0 radical (unpaired) electrons. The molecule has 0 unspecified atom stereocenters. The molecule has 136 valence electrons. The van der Waals surface area contributed by atoms with Crippen LogP contribution in [0.1, 0.15) is 96.8 Å². The van der Waals surface area contributed by atoms with Crippen LogP contribution < -0.4 is 5.32 Å². The topological polar surface area (TPSA) is 32.3 Å². The van der Waals surface area contributed by atoms with Gasteiger partial charge in [-0.2, -0.15) is 0 Å². The van der Waals surface area contributed by atoms with E-state index in [-0.39, 0.29) is 6.61 Å². The molecule has 0 atom stereocenters. The van der Waals surface area contributed by atoms with E-state index in [0.29, 0.717) is 0 Å². The fraction of sp³-hybridized carbons (Fsp3) is 1.00. The quantitative estimate of drug-likeness (QED) is 0.256. The molecule has 0 aromatic rings. The average molecular weight is 336 g/mol. The molecule has 0 aromatic heterocycles. The lowest BCUT2D eigenvalue weighted by Gasteiger charge is -2.04. The van der Waals surface area contributed by atoms with E-state index in [1.807, 2.05) is 0 Å². The predicted molar refractivity (Wildman–Crippen MR) is 102 cm³/mol. The minimum Gasteiger partial charge on any atom is -0.395 e. The summed E-state index contributed by atoms with van der Waals surface area (Å²) < 4.78 is 0. The van der Waals surface area contributed by atoms with Crippen LogP contribution in [0.3, 0.4) is 0 Å². The van der Waals surface area contributed by atoms with Gasteiger partial charge >= 0.3 is 0 Å². The Morgan fingerprint density at radius 2 is 0.955 bits per heavy atom. The summed E-state index contributed by atoms with van der Waals surface area (Å²) in [7, 11) is 0. The Balaban J connectivity index is 0. The van der Waals surface area contributed by atoms with Crippen molar-refractivity contribution in [3.05, 3.63) is 0 Å². The monoisotopic (exact) mass is 335 g/mol. The fourth-order valence-electron chi connectivity index (χ4n) is 2.65. The largest absolute Gasteiger partial charge is 0.395 e. The second-order valence-electron chi connectivity index (χ2n) is 6.07. The van der Waals surface area contributed by atoms with Gasteiger partial charge < -0.3 is 10.4 Å². The van der Waals surface area contributed by atoms with Crippen molar-refractivity contribution < 1.29 is 5.11 Å². The van der Waals surface area contributed by atoms with Crippen molar-refractivity contribution in [2.45, 2.75) is 96.8 Å². The SMILES string of the molecule is CCCCCCCCCCCCCCCCNCCO.CCl. The summed E-state index contributed by atoms with van der Waals surface area (Å²) in [6.07, 6.45) is 21.3. The second kappa shape index (κ2) is 26.1. The van der Waals surface area contributed by atoms with Gasteiger partial charge in [0.25, 0.3) is 0 Å². The summed E-state index contributed by atoms with van der Waals surface area (Å²) in [5.41, 5.74) is 0. The van der Waals surface area contributed by atoms with E-state index < -0.39 is 0 Å². The number of halogens is 1. The molecule has 0 spiro atoms. The maximum absolute atomic E-state index is 8.62. The van der Waals surface area contributed by atoms with Crippen LogP contribution in [-0.2, 0) is 0 Å². The lowest BCUT2D eigenvalue weighted by Crippen LogP contribution is -2.19. The van der Waals surface area contributed by atoms with E-state index in [1.54, 1.807) is 0 Å². The van der Waals surface area contributed by atoms with Crippen molar-refractivity contribution in [1.82, 2.24) is 5.32 Å². The Morgan fingerprint density at radius 3 is 1.32 bits per heavy atom. The highest BCUT2D eigenvalue weighted by Gasteiger charge is 1.94. The highest BCUT2D eigenvalue weighted by atomic mass is 35.5. The Labute approximate surface area is 145 Å². The number of alkyl halides is 1. The number of aliphatic hydroxyl groups excluding tert-OH is 1. The summed E-state index contributed by atoms with van der Waals surface area (Å²) >= 11 is 4.64. The normalized spacial score (nSPS) is 10.4. The molecule has 0 amide bonds. The summed E-state index contributed by atoms with van der Waals surface area (Å²) in [6.45, 7) is 4.36. The molecular formula is C19H42ClNO. The van der Waals surface area contributed by atoms with E-state index in [9.17, 15) is 0 Å². The van der Waals surface area contributed by atoms with Crippen LogP contribution in [-0.4, -0.2) is 31.2 Å².